The van der Waals surface area contributed by atoms with Gasteiger partial charge in [-0.15, -0.1) is 39.8 Å². The second kappa shape index (κ2) is 13.5. The largest absolute Gasteiger partial charge is 0.341 e. The molecule has 1 atom stereocenters. The maximum atomic E-state index is 5.85. The van der Waals surface area contributed by atoms with Crippen LogP contribution in [0.2, 0.25) is 6.04 Å². The Bertz CT molecular complexity index is 226. The van der Waals surface area contributed by atoms with E-state index in [0.717, 1.165) is 18.4 Å². The van der Waals surface area contributed by atoms with E-state index in [1.807, 2.05) is 0 Å². The normalized spacial score (nSPS) is 13.4. The molecule has 0 aliphatic rings. The van der Waals surface area contributed by atoms with Crippen molar-refractivity contribution in [1.29, 1.82) is 0 Å². The number of hydrogen-bond acceptors (Lipinski definition) is 0. The minimum absolute atomic E-state index is 0.733. The van der Waals surface area contributed by atoms with Gasteiger partial charge in [-0.1, -0.05) is 70.8 Å². The first-order chi connectivity index (χ1) is 9.49. The van der Waals surface area contributed by atoms with Gasteiger partial charge in [0.2, 0.25) is 0 Å². The van der Waals surface area contributed by atoms with Gasteiger partial charge in [-0.2, -0.15) is 0 Å². The third-order valence-electron chi connectivity index (χ3n) is 3.89. The van der Waals surface area contributed by atoms with Gasteiger partial charge in [-0.25, -0.2) is 0 Å². The maximum Gasteiger partial charge on any atom is 0.341 e. The first-order valence-corrected chi connectivity index (χ1v) is 13.4. The number of halogens is 3. The molecule has 120 valence electrons. The van der Waals surface area contributed by atoms with Crippen molar-refractivity contribution in [3.05, 3.63) is 12.7 Å². The van der Waals surface area contributed by atoms with Gasteiger partial charge in [0.1, 0.15) is 0 Å². The van der Waals surface area contributed by atoms with Crippen LogP contribution in [0, 0.1) is 5.92 Å². The van der Waals surface area contributed by atoms with E-state index in [1.165, 1.54) is 64.2 Å². The van der Waals surface area contributed by atoms with Crippen molar-refractivity contribution in [2.24, 2.45) is 5.92 Å². The Hall–Kier alpha value is 0.827. The number of rotatable bonds is 14. The lowest BCUT2D eigenvalue weighted by Crippen LogP contribution is -2.07. The van der Waals surface area contributed by atoms with Crippen molar-refractivity contribution in [2.75, 3.05) is 0 Å². The molecule has 0 fully saturated rings. The molecule has 0 radical (unpaired) electrons. The Morgan fingerprint density at radius 2 is 1.30 bits per heavy atom. The fraction of sp³-hybridized carbons (Fsp3) is 0.875. The first-order valence-electron chi connectivity index (χ1n) is 8.19. The standard InChI is InChI=1S/C16H31Cl3Si/c1-3-16(4-2)14-12-10-8-6-5-7-9-11-13-15-20(17,18)19/h3,16H,1,4-15H2,2H3. The zero-order valence-corrected chi connectivity index (χ0v) is 16.2. The fourth-order valence-electron chi connectivity index (χ4n) is 2.46. The van der Waals surface area contributed by atoms with Crippen molar-refractivity contribution in [3.63, 3.8) is 0 Å². The minimum Gasteiger partial charge on any atom is -0.126 e. The monoisotopic (exact) mass is 356 g/mol. The quantitative estimate of drug-likeness (QED) is 0.129. The van der Waals surface area contributed by atoms with Crippen molar-refractivity contribution in [1.82, 2.24) is 0 Å². The van der Waals surface area contributed by atoms with Crippen LogP contribution < -0.4 is 0 Å². The van der Waals surface area contributed by atoms with Gasteiger partial charge in [0, 0.05) is 0 Å². The SMILES string of the molecule is C=CC(CC)CCCCCCCCCCC[Si](Cl)(Cl)Cl. The lowest BCUT2D eigenvalue weighted by atomic mass is 9.98. The molecule has 0 nitrogen and oxygen atoms in total. The van der Waals surface area contributed by atoms with Gasteiger partial charge in [0.25, 0.3) is 0 Å². The average Bonchev–Trinajstić information content (AvgIpc) is 2.39. The van der Waals surface area contributed by atoms with Crippen LogP contribution in [0.1, 0.15) is 77.6 Å². The molecular weight excluding hydrogens is 327 g/mol. The molecule has 0 saturated carbocycles. The number of hydrogen-bond donors (Lipinski definition) is 0. The molecule has 0 saturated heterocycles. The molecule has 1 unspecified atom stereocenters. The highest BCUT2D eigenvalue weighted by Crippen LogP contribution is 2.27. The highest BCUT2D eigenvalue weighted by Gasteiger charge is 2.23. The molecule has 0 heterocycles. The number of allylic oxidation sites excluding steroid dienone is 1. The third kappa shape index (κ3) is 15.2. The van der Waals surface area contributed by atoms with Crippen LogP contribution in [0.3, 0.4) is 0 Å². The Balaban J connectivity index is 3.15. The Labute approximate surface area is 141 Å². The summed E-state index contributed by atoms with van der Waals surface area (Å²) < 4.78 is 0. The van der Waals surface area contributed by atoms with Crippen LogP contribution in [-0.4, -0.2) is 6.00 Å². The summed E-state index contributed by atoms with van der Waals surface area (Å²) in [6, 6.07) is -1.53. The van der Waals surface area contributed by atoms with E-state index < -0.39 is 6.00 Å². The van der Waals surface area contributed by atoms with Crippen LogP contribution in [0.4, 0.5) is 0 Å². The maximum absolute atomic E-state index is 5.85. The van der Waals surface area contributed by atoms with Gasteiger partial charge < -0.3 is 0 Å². The van der Waals surface area contributed by atoms with E-state index in [9.17, 15) is 0 Å². The van der Waals surface area contributed by atoms with Gasteiger partial charge in [-0.05, 0) is 24.8 Å². The lowest BCUT2D eigenvalue weighted by molar-refractivity contribution is 0.503. The van der Waals surface area contributed by atoms with Gasteiger partial charge in [-0.3, -0.25) is 0 Å². The molecule has 0 spiro atoms. The van der Waals surface area contributed by atoms with Gasteiger partial charge >= 0.3 is 6.00 Å². The summed E-state index contributed by atoms with van der Waals surface area (Å²) in [4.78, 5) is 0. The summed E-state index contributed by atoms with van der Waals surface area (Å²) in [5, 5.41) is 0. The molecule has 0 aromatic heterocycles. The van der Waals surface area contributed by atoms with Crippen molar-refractivity contribution in [3.8, 4) is 0 Å². The number of unbranched alkanes of at least 4 members (excludes halogenated alkanes) is 8. The summed E-state index contributed by atoms with van der Waals surface area (Å²) >= 11 is 17.6. The molecule has 20 heavy (non-hydrogen) atoms. The van der Waals surface area contributed by atoms with Crippen LogP contribution in [0.25, 0.3) is 0 Å². The first kappa shape index (κ1) is 20.8. The Morgan fingerprint density at radius 3 is 1.70 bits per heavy atom. The van der Waals surface area contributed by atoms with Crippen LogP contribution >= 0.6 is 33.2 Å². The molecule has 0 aliphatic heterocycles. The molecule has 0 amide bonds. The summed E-state index contributed by atoms with van der Waals surface area (Å²) in [5.41, 5.74) is 0. The lowest BCUT2D eigenvalue weighted by Gasteiger charge is -2.09. The topological polar surface area (TPSA) is 0 Å². The van der Waals surface area contributed by atoms with Crippen molar-refractivity contribution in [2.45, 2.75) is 83.6 Å². The van der Waals surface area contributed by atoms with E-state index in [2.05, 4.69) is 19.6 Å². The van der Waals surface area contributed by atoms with Crippen LogP contribution in [-0.2, 0) is 0 Å². The second-order valence-electron chi connectivity index (χ2n) is 5.74. The molecule has 4 heteroatoms. The molecule has 0 aromatic carbocycles. The van der Waals surface area contributed by atoms with Crippen LogP contribution in [0.5, 0.6) is 0 Å². The predicted molar refractivity (Wildman–Crippen MR) is 98.3 cm³/mol. The zero-order valence-electron chi connectivity index (χ0n) is 13.0. The zero-order chi connectivity index (χ0) is 15.3. The Morgan fingerprint density at radius 1 is 0.850 bits per heavy atom. The fourth-order valence-corrected chi connectivity index (χ4v) is 4.31. The van der Waals surface area contributed by atoms with Crippen LogP contribution in [0.15, 0.2) is 12.7 Å². The average molecular weight is 358 g/mol. The third-order valence-corrected chi connectivity index (χ3v) is 6.51. The smallest absolute Gasteiger partial charge is 0.126 e. The van der Waals surface area contributed by atoms with E-state index in [-0.39, 0.29) is 0 Å². The van der Waals surface area contributed by atoms with E-state index >= 15 is 0 Å². The minimum atomic E-state index is -2.35. The molecule has 0 N–H and O–H groups in total. The van der Waals surface area contributed by atoms with Crippen molar-refractivity contribution < 1.29 is 0 Å². The summed E-state index contributed by atoms with van der Waals surface area (Å²) in [5.74, 6) is 0.733. The molecular formula is C16H31Cl3Si. The highest BCUT2D eigenvalue weighted by molar-refractivity contribution is 7.64. The van der Waals surface area contributed by atoms with Gasteiger partial charge in [0.15, 0.2) is 0 Å². The molecule has 0 aromatic rings. The predicted octanol–water partition coefficient (Wildman–Crippen LogP) is 7.75. The molecule has 0 aliphatic carbocycles. The molecule has 0 rings (SSSR count). The van der Waals surface area contributed by atoms with E-state index in [0.29, 0.717) is 0 Å². The Kier molecular flexibility index (Phi) is 14.0. The highest BCUT2D eigenvalue weighted by atomic mass is 35.8. The summed E-state index contributed by atoms with van der Waals surface area (Å²) in [6.45, 7) is 6.14. The van der Waals surface area contributed by atoms with E-state index in [4.69, 9.17) is 33.2 Å². The summed E-state index contributed by atoms with van der Waals surface area (Å²) in [6.07, 6.45) is 16.5. The second-order valence-corrected chi connectivity index (χ2v) is 15.0. The summed E-state index contributed by atoms with van der Waals surface area (Å²) in [7, 11) is 0. The van der Waals surface area contributed by atoms with Crippen molar-refractivity contribution >= 4 is 39.2 Å². The van der Waals surface area contributed by atoms with E-state index in [1.54, 1.807) is 0 Å². The molecule has 0 bridgehead atoms. The van der Waals surface area contributed by atoms with Gasteiger partial charge in [0.05, 0.1) is 0 Å².